The van der Waals surface area contributed by atoms with E-state index in [9.17, 15) is 0 Å². The number of hydrogen-bond donors (Lipinski definition) is 2. The van der Waals surface area contributed by atoms with Crippen LogP contribution in [0.2, 0.25) is 0 Å². The number of thiazole rings is 1. The van der Waals surface area contributed by atoms with Crippen LogP contribution in [0.25, 0.3) is 0 Å². The van der Waals surface area contributed by atoms with Crippen molar-refractivity contribution in [2.24, 2.45) is 0 Å². The first-order chi connectivity index (χ1) is 6.74. The molecule has 1 unspecified atom stereocenters. The molecule has 2 N–H and O–H groups in total. The van der Waals surface area contributed by atoms with E-state index in [2.05, 4.69) is 15.2 Å². The molecule has 1 atom stereocenters. The van der Waals surface area contributed by atoms with E-state index in [0.29, 0.717) is 0 Å². The van der Waals surface area contributed by atoms with Gasteiger partial charge in [0, 0.05) is 18.5 Å². The summed E-state index contributed by atoms with van der Waals surface area (Å²) < 4.78 is 0. The molecule has 14 heavy (non-hydrogen) atoms. The number of nitrogens with one attached hydrogen (secondary N) is 1. The number of hydrogen-bond acceptors (Lipinski definition) is 5. The van der Waals surface area contributed by atoms with E-state index in [4.69, 9.17) is 5.11 Å². The van der Waals surface area contributed by atoms with Crippen LogP contribution in [0.3, 0.4) is 0 Å². The Kier molecular flexibility index (Phi) is 5.03. The summed E-state index contributed by atoms with van der Waals surface area (Å²) in [7, 11) is 4.05. The van der Waals surface area contributed by atoms with Gasteiger partial charge in [-0.25, -0.2) is 4.98 Å². The molecule has 1 aromatic heterocycles. The molecule has 0 bridgehead atoms. The molecule has 0 aliphatic heterocycles. The molecule has 0 aliphatic carbocycles. The number of nitrogens with zero attached hydrogens (tertiary/aromatic N) is 2. The molecule has 1 heterocycles. The average Bonchev–Trinajstić information content (AvgIpc) is 2.64. The van der Waals surface area contributed by atoms with E-state index in [-0.39, 0.29) is 12.6 Å². The smallest absolute Gasteiger partial charge is 0.0795 e. The van der Waals surface area contributed by atoms with Crippen LogP contribution in [0, 0.1) is 0 Å². The first kappa shape index (κ1) is 11.6. The Balaban J connectivity index is 2.33. The first-order valence-electron chi connectivity index (χ1n) is 4.61. The van der Waals surface area contributed by atoms with Crippen molar-refractivity contribution in [3.63, 3.8) is 0 Å². The first-order valence-corrected chi connectivity index (χ1v) is 5.55. The lowest BCUT2D eigenvalue weighted by atomic mass is 10.2. The zero-order valence-corrected chi connectivity index (χ0v) is 9.42. The molecule has 0 aromatic carbocycles. The fourth-order valence-corrected chi connectivity index (χ4v) is 1.73. The van der Waals surface area contributed by atoms with Gasteiger partial charge >= 0.3 is 0 Å². The summed E-state index contributed by atoms with van der Waals surface area (Å²) in [5.74, 6) is 0. The molecule has 0 fully saturated rings. The minimum absolute atomic E-state index is 0.0267. The number of aliphatic hydroxyl groups excluding tert-OH is 1. The fraction of sp³-hybridized carbons (Fsp3) is 0.667. The van der Waals surface area contributed by atoms with Crippen molar-refractivity contribution in [1.29, 1.82) is 0 Å². The SMILES string of the molecule is CN(C)CCNC(CO)c1cscn1. The Bertz CT molecular complexity index is 238. The molecule has 0 saturated heterocycles. The van der Waals surface area contributed by atoms with Gasteiger partial charge in [-0.05, 0) is 14.1 Å². The second-order valence-electron chi connectivity index (χ2n) is 3.41. The molecule has 0 spiro atoms. The standard InChI is InChI=1S/C9H17N3OS/c1-12(2)4-3-10-8(5-13)9-6-14-7-11-9/h6-8,10,13H,3-5H2,1-2H3. The van der Waals surface area contributed by atoms with Gasteiger partial charge in [0.15, 0.2) is 0 Å². The zero-order valence-electron chi connectivity index (χ0n) is 8.60. The monoisotopic (exact) mass is 215 g/mol. The second-order valence-corrected chi connectivity index (χ2v) is 4.12. The predicted octanol–water partition coefficient (Wildman–Crippen LogP) is 0.328. The molecule has 1 rings (SSSR count). The fourth-order valence-electron chi connectivity index (χ4n) is 1.12. The van der Waals surface area contributed by atoms with Crippen LogP contribution >= 0.6 is 11.3 Å². The average molecular weight is 215 g/mol. The summed E-state index contributed by atoms with van der Waals surface area (Å²) in [5, 5.41) is 14.4. The summed E-state index contributed by atoms with van der Waals surface area (Å²) in [6.07, 6.45) is 0. The zero-order chi connectivity index (χ0) is 10.4. The van der Waals surface area contributed by atoms with Gasteiger partial charge in [0.2, 0.25) is 0 Å². The summed E-state index contributed by atoms with van der Waals surface area (Å²) >= 11 is 1.55. The maximum Gasteiger partial charge on any atom is 0.0795 e. The van der Waals surface area contributed by atoms with Crippen LogP contribution in [0.15, 0.2) is 10.9 Å². The molecular formula is C9H17N3OS. The topological polar surface area (TPSA) is 48.4 Å². The molecular weight excluding hydrogens is 198 g/mol. The minimum atomic E-state index is -0.0267. The molecule has 5 heteroatoms. The van der Waals surface area contributed by atoms with Gasteiger partial charge in [0.1, 0.15) is 0 Å². The van der Waals surface area contributed by atoms with Crippen molar-refractivity contribution in [3.05, 3.63) is 16.6 Å². The van der Waals surface area contributed by atoms with E-state index in [0.717, 1.165) is 18.8 Å². The van der Waals surface area contributed by atoms with Gasteiger partial charge in [-0.15, -0.1) is 11.3 Å². The predicted molar refractivity (Wildman–Crippen MR) is 58.5 cm³/mol. The maximum absolute atomic E-state index is 9.15. The van der Waals surface area contributed by atoms with E-state index < -0.39 is 0 Å². The van der Waals surface area contributed by atoms with Crippen LogP contribution < -0.4 is 5.32 Å². The van der Waals surface area contributed by atoms with Gasteiger partial charge in [0.25, 0.3) is 0 Å². The molecule has 0 radical (unpaired) electrons. The van der Waals surface area contributed by atoms with E-state index in [1.165, 1.54) is 0 Å². The number of aliphatic hydroxyl groups is 1. The molecule has 0 amide bonds. The normalized spacial score (nSPS) is 13.4. The number of likely N-dealkylation sites (N-methyl/N-ethyl adjacent to an activating group) is 1. The van der Waals surface area contributed by atoms with Gasteiger partial charge in [0.05, 0.1) is 23.9 Å². The quantitative estimate of drug-likeness (QED) is 0.718. The summed E-state index contributed by atoms with van der Waals surface area (Å²) in [6.45, 7) is 1.91. The van der Waals surface area contributed by atoms with Gasteiger partial charge in [-0.2, -0.15) is 0 Å². The minimum Gasteiger partial charge on any atom is -0.394 e. The maximum atomic E-state index is 9.15. The van der Waals surface area contributed by atoms with Crippen LogP contribution in [0.1, 0.15) is 11.7 Å². The molecule has 80 valence electrons. The van der Waals surface area contributed by atoms with Gasteiger partial charge < -0.3 is 15.3 Å². The third kappa shape index (κ3) is 3.71. The lowest BCUT2D eigenvalue weighted by molar-refractivity contribution is 0.238. The Hall–Kier alpha value is -0.490. The lowest BCUT2D eigenvalue weighted by Crippen LogP contribution is -2.31. The van der Waals surface area contributed by atoms with Crippen molar-refractivity contribution in [3.8, 4) is 0 Å². The van der Waals surface area contributed by atoms with Gasteiger partial charge in [-0.3, -0.25) is 0 Å². The highest BCUT2D eigenvalue weighted by Crippen LogP contribution is 2.11. The van der Waals surface area contributed by atoms with Crippen molar-refractivity contribution in [2.75, 3.05) is 33.8 Å². The Morgan fingerprint density at radius 3 is 2.93 bits per heavy atom. The van der Waals surface area contributed by atoms with Crippen molar-refractivity contribution < 1.29 is 5.11 Å². The van der Waals surface area contributed by atoms with Crippen molar-refractivity contribution >= 4 is 11.3 Å². The summed E-state index contributed by atoms with van der Waals surface area (Å²) in [4.78, 5) is 6.27. The molecule has 4 nitrogen and oxygen atoms in total. The van der Waals surface area contributed by atoms with E-state index in [1.807, 2.05) is 19.5 Å². The Morgan fingerprint density at radius 1 is 1.64 bits per heavy atom. The summed E-state index contributed by atoms with van der Waals surface area (Å²) in [5.41, 5.74) is 2.71. The third-order valence-corrected chi connectivity index (χ3v) is 2.55. The van der Waals surface area contributed by atoms with Gasteiger partial charge in [-0.1, -0.05) is 0 Å². The van der Waals surface area contributed by atoms with Crippen LogP contribution in [-0.4, -0.2) is 48.8 Å². The van der Waals surface area contributed by atoms with E-state index in [1.54, 1.807) is 16.8 Å². The van der Waals surface area contributed by atoms with Crippen LogP contribution in [0.4, 0.5) is 0 Å². The van der Waals surface area contributed by atoms with Crippen molar-refractivity contribution in [1.82, 2.24) is 15.2 Å². The van der Waals surface area contributed by atoms with Crippen molar-refractivity contribution in [2.45, 2.75) is 6.04 Å². The van der Waals surface area contributed by atoms with E-state index >= 15 is 0 Å². The number of aromatic nitrogens is 1. The highest BCUT2D eigenvalue weighted by Gasteiger charge is 2.10. The number of rotatable bonds is 6. The Labute approximate surface area is 88.6 Å². The third-order valence-electron chi connectivity index (χ3n) is 1.94. The molecule has 1 aromatic rings. The highest BCUT2D eigenvalue weighted by molar-refractivity contribution is 7.07. The van der Waals surface area contributed by atoms with Crippen LogP contribution in [-0.2, 0) is 0 Å². The molecule has 0 saturated carbocycles. The molecule has 0 aliphatic rings. The Morgan fingerprint density at radius 2 is 2.43 bits per heavy atom. The largest absolute Gasteiger partial charge is 0.394 e. The highest BCUT2D eigenvalue weighted by atomic mass is 32.1. The van der Waals surface area contributed by atoms with Crippen LogP contribution in [0.5, 0.6) is 0 Å². The summed E-state index contributed by atoms with van der Waals surface area (Å²) in [6, 6.07) is -0.0267. The second kappa shape index (κ2) is 6.08. The lowest BCUT2D eigenvalue weighted by Gasteiger charge is -2.16.